The minimum Gasteiger partial charge on any atom is -0.310 e. The van der Waals surface area contributed by atoms with Gasteiger partial charge in [-0.1, -0.05) is 243 Å². The van der Waals surface area contributed by atoms with Gasteiger partial charge in [0.25, 0.3) is 0 Å². The van der Waals surface area contributed by atoms with Gasteiger partial charge in [-0.05, 0) is 113 Å². The van der Waals surface area contributed by atoms with Crippen molar-refractivity contribution < 1.29 is 0 Å². The van der Waals surface area contributed by atoms with Crippen molar-refractivity contribution in [1.29, 1.82) is 0 Å². The molecule has 11 aromatic rings. The van der Waals surface area contributed by atoms with Gasteiger partial charge in [-0.15, -0.1) is 0 Å². The Morgan fingerprint density at radius 3 is 1.08 bits per heavy atom. The van der Waals surface area contributed by atoms with E-state index in [2.05, 4.69) is 278 Å². The Morgan fingerprint density at radius 1 is 0.185 bits per heavy atom. The lowest BCUT2D eigenvalue weighted by atomic mass is 9.88. The van der Waals surface area contributed by atoms with Crippen molar-refractivity contribution in [2.75, 3.05) is 4.90 Å². The third-order valence-corrected chi connectivity index (χ3v) is 12.6. The summed E-state index contributed by atoms with van der Waals surface area (Å²) in [5.41, 5.74) is 20.0. The first-order chi connectivity index (χ1) is 32.3. The van der Waals surface area contributed by atoms with E-state index in [1.165, 1.54) is 83.1 Å². The topological polar surface area (TPSA) is 3.24 Å². The van der Waals surface area contributed by atoms with Crippen molar-refractivity contribution in [3.8, 4) is 77.9 Å². The Bertz CT molecular complexity index is 3380. The average molecular weight is 828 g/mol. The zero-order chi connectivity index (χ0) is 43.4. The maximum Gasteiger partial charge on any atom is 0.0540 e. The molecule has 11 aromatic carbocycles. The van der Waals surface area contributed by atoms with Crippen molar-refractivity contribution in [2.24, 2.45) is 0 Å². The molecule has 0 unspecified atom stereocenters. The molecule has 306 valence electrons. The first-order valence-corrected chi connectivity index (χ1v) is 22.3. The third kappa shape index (κ3) is 7.82. The standard InChI is InChI=1S/C64H45N/c1-3-18-48(19-4-1)55-25-9-10-26-57(55)52-40-44-54(45-41-52)65(53-42-38-47(39-43-53)46-34-36-51(37-35-46)58-32-17-23-50-22-7-8-24-56(50)58)64-33-16-15-31-63(64)62-30-14-13-29-61(62)60-28-12-11-27-59(60)49-20-5-2-6-21-49/h1-45H. The fourth-order valence-corrected chi connectivity index (χ4v) is 9.38. The maximum absolute atomic E-state index is 2.41. The van der Waals surface area contributed by atoms with Crippen molar-refractivity contribution in [3.05, 3.63) is 273 Å². The van der Waals surface area contributed by atoms with Gasteiger partial charge in [0, 0.05) is 16.9 Å². The molecule has 0 saturated carbocycles. The monoisotopic (exact) mass is 827 g/mol. The largest absolute Gasteiger partial charge is 0.310 e. The molecule has 0 radical (unpaired) electrons. The molecule has 0 fully saturated rings. The summed E-state index contributed by atoms with van der Waals surface area (Å²) in [6.07, 6.45) is 0. The molecular weight excluding hydrogens is 783 g/mol. The molecule has 1 nitrogen and oxygen atoms in total. The molecule has 0 amide bonds. The lowest BCUT2D eigenvalue weighted by molar-refractivity contribution is 1.28. The quantitative estimate of drug-likeness (QED) is 0.133. The van der Waals surface area contributed by atoms with Gasteiger partial charge in [-0.3, -0.25) is 0 Å². The van der Waals surface area contributed by atoms with Crippen LogP contribution in [0.3, 0.4) is 0 Å². The van der Waals surface area contributed by atoms with Crippen LogP contribution in [0.15, 0.2) is 273 Å². The number of para-hydroxylation sites is 1. The van der Waals surface area contributed by atoms with Gasteiger partial charge < -0.3 is 4.90 Å². The van der Waals surface area contributed by atoms with Crippen LogP contribution in [0, 0.1) is 0 Å². The van der Waals surface area contributed by atoms with E-state index >= 15 is 0 Å². The number of rotatable bonds is 10. The van der Waals surface area contributed by atoms with E-state index in [0.717, 1.165) is 22.6 Å². The summed E-state index contributed by atoms with van der Waals surface area (Å²) in [6, 6.07) is 98.7. The molecule has 0 aromatic heterocycles. The van der Waals surface area contributed by atoms with Crippen molar-refractivity contribution in [1.82, 2.24) is 0 Å². The molecule has 0 heterocycles. The van der Waals surface area contributed by atoms with Crippen LogP contribution in [0.25, 0.3) is 88.7 Å². The number of hydrogen-bond acceptors (Lipinski definition) is 1. The van der Waals surface area contributed by atoms with Crippen LogP contribution in [0.2, 0.25) is 0 Å². The minimum absolute atomic E-state index is 1.08. The zero-order valence-corrected chi connectivity index (χ0v) is 35.9. The van der Waals surface area contributed by atoms with Gasteiger partial charge in [-0.25, -0.2) is 0 Å². The third-order valence-electron chi connectivity index (χ3n) is 12.6. The molecule has 65 heavy (non-hydrogen) atoms. The number of fused-ring (bicyclic) bond motifs is 1. The van der Waals surface area contributed by atoms with Gasteiger partial charge in [0.15, 0.2) is 0 Å². The molecule has 0 bridgehead atoms. The smallest absolute Gasteiger partial charge is 0.0540 e. The SMILES string of the molecule is c1ccc(-c2ccccc2-c2ccc(N(c3ccc(-c4ccc(-c5cccc6ccccc56)cc4)cc3)c3ccccc3-c3ccccc3-c3ccccc3-c3ccccc3)cc2)cc1. The first-order valence-electron chi connectivity index (χ1n) is 22.3. The molecule has 1 heteroatoms. The van der Waals surface area contributed by atoms with Crippen molar-refractivity contribution >= 4 is 27.8 Å². The predicted octanol–water partition coefficient (Wildman–Crippen LogP) is 18.0. The van der Waals surface area contributed by atoms with Crippen molar-refractivity contribution in [3.63, 3.8) is 0 Å². The van der Waals surface area contributed by atoms with Gasteiger partial charge in [0.05, 0.1) is 5.69 Å². The Balaban J connectivity index is 1.01. The van der Waals surface area contributed by atoms with E-state index in [-0.39, 0.29) is 0 Å². The lowest BCUT2D eigenvalue weighted by Crippen LogP contribution is -2.11. The molecule has 0 aliphatic heterocycles. The normalized spacial score (nSPS) is 11.1. The molecular formula is C64H45N. The number of hydrogen-bond donors (Lipinski definition) is 0. The van der Waals surface area contributed by atoms with Crippen LogP contribution in [0.4, 0.5) is 17.1 Å². The van der Waals surface area contributed by atoms with Gasteiger partial charge in [0.2, 0.25) is 0 Å². The lowest BCUT2D eigenvalue weighted by Gasteiger charge is -2.29. The number of nitrogens with zero attached hydrogens (tertiary/aromatic N) is 1. The maximum atomic E-state index is 2.41. The molecule has 0 aliphatic rings. The highest BCUT2D eigenvalue weighted by Crippen LogP contribution is 2.46. The molecule has 0 N–H and O–H groups in total. The summed E-state index contributed by atoms with van der Waals surface area (Å²) in [7, 11) is 0. The summed E-state index contributed by atoms with van der Waals surface area (Å²) in [5.74, 6) is 0. The molecule has 0 aliphatic carbocycles. The second-order valence-electron chi connectivity index (χ2n) is 16.4. The Labute approximate surface area is 381 Å². The van der Waals surface area contributed by atoms with Gasteiger partial charge in [0.1, 0.15) is 0 Å². The summed E-state index contributed by atoms with van der Waals surface area (Å²) < 4.78 is 0. The molecule has 0 spiro atoms. The second-order valence-corrected chi connectivity index (χ2v) is 16.4. The van der Waals surface area contributed by atoms with Crippen LogP contribution in [0.1, 0.15) is 0 Å². The Morgan fingerprint density at radius 2 is 0.508 bits per heavy atom. The number of benzene rings is 11. The van der Waals surface area contributed by atoms with E-state index in [1.807, 2.05) is 0 Å². The van der Waals surface area contributed by atoms with Crippen LogP contribution in [-0.2, 0) is 0 Å². The fourth-order valence-electron chi connectivity index (χ4n) is 9.38. The van der Waals surface area contributed by atoms with E-state index in [0.29, 0.717) is 0 Å². The van der Waals surface area contributed by atoms with Crippen LogP contribution < -0.4 is 4.90 Å². The minimum atomic E-state index is 1.08. The van der Waals surface area contributed by atoms with Crippen LogP contribution in [0.5, 0.6) is 0 Å². The Hall–Kier alpha value is -8.52. The highest BCUT2D eigenvalue weighted by Gasteiger charge is 2.21. The van der Waals surface area contributed by atoms with Crippen molar-refractivity contribution in [2.45, 2.75) is 0 Å². The highest BCUT2D eigenvalue weighted by atomic mass is 15.1. The van der Waals surface area contributed by atoms with Gasteiger partial charge >= 0.3 is 0 Å². The van der Waals surface area contributed by atoms with E-state index in [9.17, 15) is 0 Å². The average Bonchev–Trinajstić information content (AvgIpc) is 3.40. The second kappa shape index (κ2) is 17.7. The van der Waals surface area contributed by atoms with E-state index < -0.39 is 0 Å². The summed E-state index contributed by atoms with van der Waals surface area (Å²) >= 11 is 0. The summed E-state index contributed by atoms with van der Waals surface area (Å²) in [6.45, 7) is 0. The number of anilines is 3. The predicted molar refractivity (Wildman–Crippen MR) is 277 cm³/mol. The fraction of sp³-hybridized carbons (Fsp3) is 0. The van der Waals surface area contributed by atoms with Crippen LogP contribution >= 0.6 is 0 Å². The summed E-state index contributed by atoms with van der Waals surface area (Å²) in [5, 5.41) is 2.52. The highest BCUT2D eigenvalue weighted by molar-refractivity contribution is 5.99. The van der Waals surface area contributed by atoms with Crippen LogP contribution in [-0.4, -0.2) is 0 Å². The summed E-state index contributed by atoms with van der Waals surface area (Å²) in [4.78, 5) is 2.41. The molecule has 11 rings (SSSR count). The first kappa shape index (κ1) is 39.3. The molecule has 0 saturated heterocycles. The molecule has 0 atom stereocenters. The van der Waals surface area contributed by atoms with Gasteiger partial charge in [-0.2, -0.15) is 0 Å². The zero-order valence-electron chi connectivity index (χ0n) is 35.9. The van der Waals surface area contributed by atoms with E-state index in [4.69, 9.17) is 0 Å². The van der Waals surface area contributed by atoms with E-state index in [1.54, 1.807) is 0 Å². The Kier molecular flexibility index (Phi) is 10.7.